The minimum Gasteiger partial charge on any atom is -0.368 e. The predicted molar refractivity (Wildman–Crippen MR) is 157 cm³/mol. The van der Waals surface area contributed by atoms with E-state index in [1.165, 1.54) is 17.3 Å². The van der Waals surface area contributed by atoms with Gasteiger partial charge >= 0.3 is 0 Å². The average molecular weight is 543 g/mol. The van der Waals surface area contributed by atoms with Gasteiger partial charge in [0.15, 0.2) is 4.34 Å². The molecule has 0 spiro atoms. The smallest absolute Gasteiger partial charge is 0.254 e. The third kappa shape index (κ3) is 6.26. The van der Waals surface area contributed by atoms with Crippen molar-refractivity contribution in [1.29, 1.82) is 0 Å². The zero-order chi connectivity index (χ0) is 26.5. The quantitative estimate of drug-likeness (QED) is 0.285. The van der Waals surface area contributed by atoms with Gasteiger partial charge in [0.25, 0.3) is 5.91 Å². The van der Waals surface area contributed by atoms with Crippen LogP contribution in [0.25, 0.3) is 11.3 Å². The highest BCUT2D eigenvalue weighted by atomic mass is 32.2. The molecule has 5 rings (SSSR count). The van der Waals surface area contributed by atoms with E-state index in [9.17, 15) is 9.59 Å². The first-order valence-corrected chi connectivity index (χ1v) is 14.5. The maximum absolute atomic E-state index is 12.9. The van der Waals surface area contributed by atoms with Crippen molar-refractivity contribution in [2.75, 3.05) is 42.1 Å². The summed E-state index contributed by atoms with van der Waals surface area (Å²) in [7, 11) is 0. The summed E-state index contributed by atoms with van der Waals surface area (Å²) in [6.07, 6.45) is 0. The van der Waals surface area contributed by atoms with E-state index in [-0.39, 0.29) is 11.8 Å². The van der Waals surface area contributed by atoms with E-state index >= 15 is 0 Å². The van der Waals surface area contributed by atoms with Gasteiger partial charge < -0.3 is 15.1 Å². The van der Waals surface area contributed by atoms with Crippen molar-refractivity contribution in [3.8, 4) is 11.3 Å². The highest BCUT2D eigenvalue weighted by molar-refractivity contribution is 8.01. The third-order valence-corrected chi connectivity index (χ3v) is 8.64. The predicted octanol–water partition coefficient (Wildman–Crippen LogP) is 6.12. The van der Waals surface area contributed by atoms with E-state index in [1.807, 2.05) is 65.7 Å². The monoisotopic (exact) mass is 542 g/mol. The van der Waals surface area contributed by atoms with E-state index in [0.717, 1.165) is 51.2 Å². The lowest BCUT2D eigenvalue weighted by atomic mass is 10.1. The van der Waals surface area contributed by atoms with Crippen LogP contribution in [0.1, 0.15) is 21.5 Å². The van der Waals surface area contributed by atoms with Gasteiger partial charge in [-0.3, -0.25) is 9.59 Å². The molecule has 1 saturated heterocycles. The number of amides is 2. The highest BCUT2D eigenvalue weighted by Crippen LogP contribution is 2.29. The number of carbonyl (C=O) groups is 2. The van der Waals surface area contributed by atoms with Crippen LogP contribution in [0.3, 0.4) is 0 Å². The van der Waals surface area contributed by atoms with Crippen molar-refractivity contribution in [1.82, 2.24) is 9.88 Å². The molecule has 2 heterocycles. The summed E-state index contributed by atoms with van der Waals surface area (Å²) in [5.74, 6) is 0.348. The number of rotatable bonds is 7. The molecule has 3 aromatic carbocycles. The second-order valence-corrected chi connectivity index (χ2v) is 11.4. The fourth-order valence-corrected chi connectivity index (χ4v) is 6.05. The molecule has 0 saturated carbocycles. The minimum atomic E-state index is -0.0573. The first-order chi connectivity index (χ1) is 18.5. The van der Waals surface area contributed by atoms with Crippen LogP contribution in [0.4, 0.5) is 11.4 Å². The number of nitrogens with zero attached hydrogens (tertiary/aromatic N) is 3. The second kappa shape index (κ2) is 11.8. The average Bonchev–Trinajstić information content (AvgIpc) is 3.42. The van der Waals surface area contributed by atoms with Crippen molar-refractivity contribution in [3.63, 3.8) is 0 Å². The molecule has 6 nitrogen and oxygen atoms in total. The lowest BCUT2D eigenvalue weighted by Crippen LogP contribution is -2.48. The first kappa shape index (κ1) is 26.0. The van der Waals surface area contributed by atoms with Gasteiger partial charge in [-0.15, -0.1) is 11.3 Å². The molecule has 1 aliphatic heterocycles. The largest absolute Gasteiger partial charge is 0.368 e. The van der Waals surface area contributed by atoms with Crippen LogP contribution in [0.2, 0.25) is 0 Å². The number of carbonyl (C=O) groups excluding carboxylic acids is 2. The SMILES string of the molecule is Cc1ccc(-c2csc(SCC(=O)Nc3ccc(N4CCN(C(=O)c5ccccc5C)CC4)cc3)n2)cc1. The van der Waals surface area contributed by atoms with Gasteiger partial charge in [-0.2, -0.15) is 0 Å². The molecule has 1 aliphatic rings. The Morgan fingerprint density at radius 2 is 1.63 bits per heavy atom. The third-order valence-electron chi connectivity index (χ3n) is 6.62. The number of piperazine rings is 1. The molecule has 0 unspecified atom stereocenters. The van der Waals surface area contributed by atoms with Gasteiger partial charge in [-0.05, 0) is 49.7 Å². The summed E-state index contributed by atoms with van der Waals surface area (Å²) in [5, 5.41) is 5.01. The molecule has 8 heteroatoms. The molecule has 1 fully saturated rings. The molecular weight excluding hydrogens is 512 g/mol. The van der Waals surface area contributed by atoms with Gasteiger partial charge in [0.05, 0.1) is 11.4 Å². The lowest BCUT2D eigenvalue weighted by Gasteiger charge is -2.36. The van der Waals surface area contributed by atoms with Gasteiger partial charge in [-0.25, -0.2) is 4.98 Å². The lowest BCUT2D eigenvalue weighted by molar-refractivity contribution is -0.113. The first-order valence-electron chi connectivity index (χ1n) is 12.6. The zero-order valence-corrected chi connectivity index (χ0v) is 23.1. The van der Waals surface area contributed by atoms with Gasteiger partial charge in [0, 0.05) is 54.1 Å². The number of thiazole rings is 1. The molecule has 0 aliphatic carbocycles. The Kier molecular flexibility index (Phi) is 8.10. The summed E-state index contributed by atoms with van der Waals surface area (Å²) in [6.45, 7) is 6.97. The number of aryl methyl sites for hydroxylation is 2. The minimum absolute atomic E-state index is 0.0573. The van der Waals surface area contributed by atoms with E-state index in [2.05, 4.69) is 46.4 Å². The Hall–Kier alpha value is -3.62. The summed E-state index contributed by atoms with van der Waals surface area (Å²) < 4.78 is 0.881. The maximum Gasteiger partial charge on any atom is 0.254 e. The molecule has 1 aromatic heterocycles. The molecule has 4 aromatic rings. The van der Waals surface area contributed by atoms with Gasteiger partial charge in [0.1, 0.15) is 0 Å². The van der Waals surface area contributed by atoms with Crippen molar-refractivity contribution < 1.29 is 9.59 Å². The van der Waals surface area contributed by atoms with Crippen LogP contribution >= 0.6 is 23.1 Å². The van der Waals surface area contributed by atoms with Crippen LogP contribution < -0.4 is 10.2 Å². The molecule has 2 amide bonds. The molecule has 0 radical (unpaired) electrons. The normalized spacial score (nSPS) is 13.4. The number of hydrogen-bond donors (Lipinski definition) is 1. The van der Waals surface area contributed by atoms with Gasteiger partial charge in [0.2, 0.25) is 5.91 Å². The van der Waals surface area contributed by atoms with Crippen LogP contribution in [0, 0.1) is 13.8 Å². The Bertz CT molecular complexity index is 1410. The fraction of sp³-hybridized carbons (Fsp3) is 0.233. The van der Waals surface area contributed by atoms with Crippen LogP contribution in [0.15, 0.2) is 82.5 Å². The molecule has 194 valence electrons. The Labute approximate surface area is 231 Å². The van der Waals surface area contributed by atoms with E-state index < -0.39 is 0 Å². The Balaban J connectivity index is 1.09. The number of nitrogens with one attached hydrogen (secondary N) is 1. The van der Waals surface area contributed by atoms with Crippen LogP contribution in [-0.4, -0.2) is 53.6 Å². The Morgan fingerprint density at radius 3 is 2.34 bits per heavy atom. The zero-order valence-electron chi connectivity index (χ0n) is 21.5. The Morgan fingerprint density at radius 1 is 0.921 bits per heavy atom. The molecule has 0 atom stereocenters. The number of benzene rings is 3. The number of thioether (sulfide) groups is 1. The topological polar surface area (TPSA) is 65.5 Å². The molecule has 38 heavy (non-hydrogen) atoms. The van der Waals surface area contributed by atoms with Crippen molar-refractivity contribution in [3.05, 3.63) is 94.9 Å². The second-order valence-electron chi connectivity index (χ2n) is 9.34. The highest BCUT2D eigenvalue weighted by Gasteiger charge is 2.23. The van der Waals surface area contributed by atoms with Crippen molar-refractivity contribution in [2.24, 2.45) is 0 Å². The number of anilines is 2. The summed E-state index contributed by atoms with van der Waals surface area (Å²) >= 11 is 3.01. The van der Waals surface area contributed by atoms with E-state index in [0.29, 0.717) is 18.8 Å². The molecule has 1 N–H and O–H groups in total. The summed E-state index contributed by atoms with van der Waals surface area (Å²) in [6, 6.07) is 24.0. The molecule has 0 bridgehead atoms. The fourth-order valence-electron chi connectivity index (χ4n) is 4.41. The van der Waals surface area contributed by atoms with E-state index in [4.69, 9.17) is 0 Å². The number of hydrogen-bond acceptors (Lipinski definition) is 6. The number of aromatic nitrogens is 1. The van der Waals surface area contributed by atoms with Crippen LogP contribution in [0.5, 0.6) is 0 Å². The standard InChI is InChI=1S/C30H30N4O2S2/c1-21-7-9-23(10-8-21)27-19-37-30(32-27)38-20-28(35)31-24-11-13-25(14-12-24)33-15-17-34(18-16-33)29(36)26-6-4-3-5-22(26)2/h3-14,19H,15-18,20H2,1-2H3,(H,31,35). The maximum atomic E-state index is 12.9. The van der Waals surface area contributed by atoms with Crippen molar-refractivity contribution in [2.45, 2.75) is 18.2 Å². The summed E-state index contributed by atoms with van der Waals surface area (Å²) in [5.41, 5.74) is 6.89. The van der Waals surface area contributed by atoms with Crippen LogP contribution in [-0.2, 0) is 4.79 Å². The molecular formula is C30H30N4O2S2. The summed E-state index contributed by atoms with van der Waals surface area (Å²) in [4.78, 5) is 34.3. The van der Waals surface area contributed by atoms with Crippen molar-refractivity contribution >= 4 is 46.3 Å². The van der Waals surface area contributed by atoms with E-state index in [1.54, 1.807) is 11.3 Å². The van der Waals surface area contributed by atoms with Gasteiger partial charge in [-0.1, -0.05) is 59.8 Å².